The van der Waals surface area contributed by atoms with E-state index in [2.05, 4.69) is 182 Å². The summed E-state index contributed by atoms with van der Waals surface area (Å²) in [7, 11) is 0. The first-order valence-electron chi connectivity index (χ1n) is 20.7. The van der Waals surface area contributed by atoms with Crippen molar-refractivity contribution in [2.24, 2.45) is 0 Å². The summed E-state index contributed by atoms with van der Waals surface area (Å²) < 4.78 is 0. The van der Waals surface area contributed by atoms with Gasteiger partial charge in [0.15, 0.2) is 0 Å². The van der Waals surface area contributed by atoms with Crippen molar-refractivity contribution >= 4 is 67.1 Å². The van der Waals surface area contributed by atoms with Gasteiger partial charge in [0.2, 0.25) is 0 Å². The number of aryl methyl sites for hydroxylation is 2. The Morgan fingerprint density at radius 2 is 1.20 bits per heavy atom. The zero-order valence-corrected chi connectivity index (χ0v) is 32.8. The Balaban J connectivity index is 0.962. The van der Waals surface area contributed by atoms with Crippen molar-refractivity contribution in [2.75, 3.05) is 22.9 Å². The van der Waals surface area contributed by atoms with Gasteiger partial charge in [-0.1, -0.05) is 141 Å². The number of nitrogens with zero attached hydrogens (tertiary/aromatic N) is 2. The van der Waals surface area contributed by atoms with E-state index in [1.54, 1.807) is 5.57 Å². The van der Waals surface area contributed by atoms with Gasteiger partial charge in [0, 0.05) is 41.0 Å². The van der Waals surface area contributed by atoms with Crippen LogP contribution in [-0.4, -0.2) is 18.6 Å². The Hall–Kier alpha value is -5.86. The zero-order valence-electron chi connectivity index (χ0n) is 32.8. The van der Waals surface area contributed by atoms with Crippen molar-refractivity contribution in [1.29, 1.82) is 0 Å². The van der Waals surface area contributed by atoms with Crippen molar-refractivity contribution in [2.45, 2.75) is 63.8 Å². The average molecular weight is 725 g/mol. The molecule has 1 atom stereocenters. The largest absolute Gasteiger partial charge is 0.362 e. The summed E-state index contributed by atoms with van der Waals surface area (Å²) in [6.07, 6.45) is 15.4. The topological polar surface area (TPSA) is 6.48 Å². The standard InChI is InChI=1S/C54H48N2/c1-53(2)48-32-36(25-27-43(48)44-28-29-54(3,35-49(44)53)56-31-13-17-38-15-5-11-23-51(38)56)24-26-39-33-46-42-20-8-9-21-45(42)52(34-47(46)41-19-7-6-18-40(39)41)55-30-12-16-37-14-4-10-22-50(37)55/h4-11,14-15,18-29,32-34H,12-13,16-17,30-31,35H2,1-3H3. The molecule has 0 saturated carbocycles. The quantitative estimate of drug-likeness (QED) is 0.132. The molecule has 11 rings (SSSR count). The fourth-order valence-electron chi connectivity index (χ4n) is 10.8. The van der Waals surface area contributed by atoms with Crippen molar-refractivity contribution < 1.29 is 0 Å². The molecule has 0 saturated heterocycles. The molecule has 7 aromatic rings. The van der Waals surface area contributed by atoms with Gasteiger partial charge >= 0.3 is 0 Å². The highest BCUT2D eigenvalue weighted by molar-refractivity contribution is 6.22. The van der Waals surface area contributed by atoms with Gasteiger partial charge < -0.3 is 9.80 Å². The van der Waals surface area contributed by atoms with Crippen LogP contribution in [0.15, 0.2) is 145 Å². The van der Waals surface area contributed by atoms with Crippen LogP contribution in [0, 0.1) is 0 Å². The van der Waals surface area contributed by atoms with E-state index >= 15 is 0 Å². The molecule has 2 aliphatic carbocycles. The van der Waals surface area contributed by atoms with E-state index in [0.29, 0.717) is 0 Å². The molecule has 0 amide bonds. The lowest BCUT2D eigenvalue weighted by atomic mass is 9.73. The number of fused-ring (bicyclic) bond motifs is 9. The van der Waals surface area contributed by atoms with Crippen LogP contribution < -0.4 is 9.80 Å². The smallest absolute Gasteiger partial charge is 0.0597 e. The van der Waals surface area contributed by atoms with Crippen molar-refractivity contribution in [3.05, 3.63) is 178 Å². The molecule has 4 aliphatic rings. The molecule has 0 radical (unpaired) electrons. The van der Waals surface area contributed by atoms with E-state index in [4.69, 9.17) is 0 Å². The number of benzene rings is 7. The fourth-order valence-corrected chi connectivity index (χ4v) is 10.8. The van der Waals surface area contributed by atoms with E-state index < -0.39 is 0 Å². The number of hydrogen-bond acceptors (Lipinski definition) is 2. The lowest BCUT2D eigenvalue weighted by molar-refractivity contribution is 0.455. The Kier molecular flexibility index (Phi) is 7.52. The van der Waals surface area contributed by atoms with Crippen LogP contribution in [-0.2, 0) is 18.3 Å². The third-order valence-electron chi connectivity index (χ3n) is 13.7. The monoisotopic (exact) mass is 724 g/mol. The van der Waals surface area contributed by atoms with E-state index in [-0.39, 0.29) is 11.0 Å². The van der Waals surface area contributed by atoms with Gasteiger partial charge in [-0.2, -0.15) is 0 Å². The van der Waals surface area contributed by atoms with Gasteiger partial charge in [-0.25, -0.2) is 0 Å². The Bertz CT molecular complexity index is 2850. The SMILES string of the molecule is CC1(C)C2=C(C=CC(C)(N3CCCc4ccccc43)C2)c2ccc(C=Cc3cc4c5ccccc5c(N5CCCc6ccccc65)cc4c4ccccc34)cc21. The van der Waals surface area contributed by atoms with Gasteiger partial charge in [-0.3, -0.25) is 0 Å². The second-order valence-electron chi connectivity index (χ2n) is 17.3. The minimum absolute atomic E-state index is 0.0439. The summed E-state index contributed by atoms with van der Waals surface area (Å²) in [5.41, 5.74) is 15.3. The minimum Gasteiger partial charge on any atom is -0.362 e. The van der Waals surface area contributed by atoms with E-state index in [1.807, 2.05) is 0 Å². The first-order valence-corrected chi connectivity index (χ1v) is 20.7. The highest BCUT2D eigenvalue weighted by Gasteiger charge is 2.44. The van der Waals surface area contributed by atoms with Crippen LogP contribution >= 0.6 is 0 Å². The second-order valence-corrected chi connectivity index (χ2v) is 17.3. The molecule has 274 valence electrons. The van der Waals surface area contributed by atoms with E-state index in [0.717, 1.165) is 32.4 Å². The van der Waals surface area contributed by atoms with Gasteiger partial charge in [0.05, 0.1) is 5.54 Å². The average Bonchev–Trinajstić information content (AvgIpc) is 3.46. The lowest BCUT2D eigenvalue weighted by Crippen LogP contribution is -2.49. The van der Waals surface area contributed by atoms with Crippen LogP contribution in [0.2, 0.25) is 0 Å². The maximum atomic E-state index is 2.68. The highest BCUT2D eigenvalue weighted by Crippen LogP contribution is 2.54. The number of rotatable bonds is 4. The molecular weight excluding hydrogens is 677 g/mol. The molecule has 56 heavy (non-hydrogen) atoms. The highest BCUT2D eigenvalue weighted by atomic mass is 15.2. The summed E-state index contributed by atoms with van der Waals surface area (Å²) in [4.78, 5) is 5.25. The molecule has 2 heterocycles. The van der Waals surface area contributed by atoms with Gasteiger partial charge in [-0.15, -0.1) is 0 Å². The lowest BCUT2D eigenvalue weighted by Gasteiger charge is -2.47. The molecule has 1 unspecified atom stereocenters. The number of hydrogen-bond donors (Lipinski definition) is 0. The Morgan fingerprint density at radius 3 is 2.00 bits per heavy atom. The molecule has 7 aromatic carbocycles. The molecule has 0 spiro atoms. The molecule has 0 N–H and O–H groups in total. The predicted molar refractivity (Wildman–Crippen MR) is 240 cm³/mol. The maximum absolute atomic E-state index is 2.68. The van der Waals surface area contributed by atoms with Crippen molar-refractivity contribution in [3.63, 3.8) is 0 Å². The van der Waals surface area contributed by atoms with Gasteiger partial charge in [0.25, 0.3) is 0 Å². The van der Waals surface area contributed by atoms with Crippen LogP contribution in [0.5, 0.6) is 0 Å². The molecule has 2 heteroatoms. The van der Waals surface area contributed by atoms with Crippen LogP contribution in [0.1, 0.15) is 73.4 Å². The molecule has 0 aromatic heterocycles. The summed E-state index contributed by atoms with van der Waals surface area (Å²) in [6.45, 7) is 9.49. The molecule has 0 bridgehead atoms. The normalized spacial score (nSPS) is 19.8. The second kappa shape index (κ2) is 12.6. The molecular formula is C54H48N2. The first kappa shape index (κ1) is 33.5. The fraction of sp³-hybridized carbons (Fsp3) is 0.222. The first-order chi connectivity index (χ1) is 27.4. The number of allylic oxidation sites excluding steroid dienone is 2. The van der Waals surface area contributed by atoms with E-state index in [9.17, 15) is 0 Å². The zero-order chi connectivity index (χ0) is 37.6. The summed E-state index contributed by atoms with van der Waals surface area (Å²) in [5, 5.41) is 7.85. The number of para-hydroxylation sites is 2. The van der Waals surface area contributed by atoms with Crippen LogP contribution in [0.3, 0.4) is 0 Å². The summed E-state index contributed by atoms with van der Waals surface area (Å²) >= 11 is 0. The summed E-state index contributed by atoms with van der Waals surface area (Å²) in [5.74, 6) is 0. The third-order valence-corrected chi connectivity index (χ3v) is 13.7. The van der Waals surface area contributed by atoms with Crippen molar-refractivity contribution in [1.82, 2.24) is 0 Å². The molecule has 0 fully saturated rings. The Morgan fingerprint density at radius 1 is 0.554 bits per heavy atom. The Labute approximate surface area is 331 Å². The summed E-state index contributed by atoms with van der Waals surface area (Å²) in [6, 6.07) is 48.1. The third kappa shape index (κ3) is 5.08. The van der Waals surface area contributed by atoms with Crippen LogP contribution in [0.4, 0.5) is 17.1 Å². The number of anilines is 3. The molecule has 2 aliphatic heterocycles. The predicted octanol–water partition coefficient (Wildman–Crippen LogP) is 13.6. The maximum Gasteiger partial charge on any atom is 0.0597 e. The van der Waals surface area contributed by atoms with Crippen molar-refractivity contribution in [3.8, 4) is 0 Å². The van der Waals surface area contributed by atoms with Gasteiger partial charge in [0.1, 0.15) is 0 Å². The van der Waals surface area contributed by atoms with Gasteiger partial charge in [-0.05, 0) is 135 Å². The van der Waals surface area contributed by atoms with Crippen LogP contribution in [0.25, 0.3) is 50.0 Å². The molecule has 2 nitrogen and oxygen atoms in total. The minimum atomic E-state index is -0.0447. The van der Waals surface area contributed by atoms with E-state index in [1.165, 1.54) is 101 Å².